The fourth-order valence-corrected chi connectivity index (χ4v) is 6.71. The van der Waals surface area contributed by atoms with Crippen LogP contribution in [0.3, 0.4) is 0 Å². The number of hydrogen-bond acceptors (Lipinski definition) is 6. The van der Waals surface area contributed by atoms with Gasteiger partial charge in [-0.15, -0.1) is 23.1 Å². The molecule has 2 N–H and O–H groups in total. The minimum atomic E-state index is -4.43. The van der Waals surface area contributed by atoms with E-state index < -0.39 is 5.51 Å². The average molecular weight is 538 g/mol. The van der Waals surface area contributed by atoms with Gasteiger partial charge in [0.1, 0.15) is 4.88 Å². The van der Waals surface area contributed by atoms with Crippen molar-refractivity contribution in [2.24, 2.45) is 0 Å². The van der Waals surface area contributed by atoms with Gasteiger partial charge in [-0.05, 0) is 30.5 Å². The zero-order valence-corrected chi connectivity index (χ0v) is 20.4. The Kier molecular flexibility index (Phi) is 6.86. The molecule has 0 fully saturated rings. The van der Waals surface area contributed by atoms with Crippen molar-refractivity contribution in [3.05, 3.63) is 33.7 Å². The summed E-state index contributed by atoms with van der Waals surface area (Å²) < 4.78 is 37.6. The van der Waals surface area contributed by atoms with E-state index in [-0.39, 0.29) is 38.4 Å². The van der Waals surface area contributed by atoms with Gasteiger partial charge in [0.25, 0.3) is 5.91 Å². The Morgan fingerprint density at radius 3 is 2.77 bits per heavy atom. The standard InChI is InChI=1S/C19H19BrF3N3OS3/c1-4-28-14-11-5-6-18(2,20)8-13(11)29-15(14)17(27)26(3)16-12(24)7-10(9-25-16)30-19(21,22)23/h5-7,9H,4,8,24H2,1-3H3. The summed E-state index contributed by atoms with van der Waals surface area (Å²) in [6.07, 6.45) is 5.96. The first-order valence-electron chi connectivity index (χ1n) is 8.88. The summed E-state index contributed by atoms with van der Waals surface area (Å²) in [5, 5.41) is 0. The van der Waals surface area contributed by atoms with E-state index in [1.54, 1.807) is 11.8 Å². The van der Waals surface area contributed by atoms with Gasteiger partial charge in [0, 0.05) is 44.2 Å². The molecule has 1 amide bonds. The van der Waals surface area contributed by atoms with Gasteiger partial charge >= 0.3 is 5.51 Å². The van der Waals surface area contributed by atoms with Crippen LogP contribution in [0.4, 0.5) is 24.7 Å². The Labute approximate surface area is 193 Å². The van der Waals surface area contributed by atoms with Crippen LogP contribution in [-0.4, -0.2) is 33.5 Å². The molecular formula is C19H19BrF3N3OS3. The smallest absolute Gasteiger partial charge is 0.396 e. The molecule has 2 aromatic rings. The van der Waals surface area contributed by atoms with Gasteiger partial charge in [0.15, 0.2) is 5.82 Å². The maximum Gasteiger partial charge on any atom is 0.446 e. The summed E-state index contributed by atoms with van der Waals surface area (Å²) in [6, 6.07) is 1.18. The van der Waals surface area contributed by atoms with E-state index in [4.69, 9.17) is 5.73 Å². The second kappa shape index (κ2) is 8.76. The summed E-state index contributed by atoms with van der Waals surface area (Å²) in [7, 11) is 1.53. The highest BCUT2D eigenvalue weighted by atomic mass is 79.9. The number of alkyl halides is 4. The molecule has 0 bridgehead atoms. The van der Waals surface area contributed by atoms with Gasteiger partial charge < -0.3 is 5.73 Å². The van der Waals surface area contributed by atoms with E-state index in [2.05, 4.69) is 33.9 Å². The maximum atomic E-state index is 13.3. The maximum absolute atomic E-state index is 13.3. The van der Waals surface area contributed by atoms with E-state index in [1.807, 2.05) is 13.0 Å². The molecule has 162 valence electrons. The molecule has 0 spiro atoms. The van der Waals surface area contributed by atoms with Crippen molar-refractivity contribution in [3.63, 3.8) is 0 Å². The van der Waals surface area contributed by atoms with Gasteiger partial charge in [-0.25, -0.2) is 4.98 Å². The number of nitrogens with two attached hydrogens (primary N) is 1. The lowest BCUT2D eigenvalue weighted by Crippen LogP contribution is -2.27. The lowest BCUT2D eigenvalue weighted by Gasteiger charge is -2.21. The number of thioether (sulfide) groups is 2. The SMILES string of the molecule is CCSc1c(C(=O)N(C)c2ncc(SC(F)(F)F)cc2N)sc2c1C=CC(C)(Br)C2. The first kappa shape index (κ1) is 23.5. The van der Waals surface area contributed by atoms with E-state index >= 15 is 0 Å². The second-order valence-electron chi connectivity index (χ2n) is 6.81. The number of rotatable bonds is 5. The Bertz CT molecular complexity index is 1000. The van der Waals surface area contributed by atoms with Gasteiger partial charge in [0.05, 0.1) is 5.69 Å². The number of hydrogen-bond donors (Lipinski definition) is 1. The molecule has 3 rings (SSSR count). The first-order chi connectivity index (χ1) is 13.9. The number of fused-ring (bicyclic) bond motifs is 1. The van der Waals surface area contributed by atoms with Crippen LogP contribution in [-0.2, 0) is 6.42 Å². The van der Waals surface area contributed by atoms with Crippen LogP contribution in [0.1, 0.15) is 34.0 Å². The van der Waals surface area contributed by atoms with Crippen LogP contribution in [0.15, 0.2) is 28.1 Å². The molecule has 1 aliphatic carbocycles. The molecule has 1 atom stereocenters. The van der Waals surface area contributed by atoms with Crippen LogP contribution in [0.25, 0.3) is 6.08 Å². The number of allylic oxidation sites excluding steroid dienone is 1. The minimum Gasteiger partial charge on any atom is -0.396 e. The Balaban J connectivity index is 1.93. The second-order valence-corrected chi connectivity index (χ2v) is 12.1. The number of carbonyl (C=O) groups excluding carboxylic acids is 1. The van der Waals surface area contributed by atoms with Crippen LogP contribution < -0.4 is 10.6 Å². The predicted octanol–water partition coefficient (Wildman–Crippen LogP) is 6.45. The minimum absolute atomic E-state index is 0.0130. The number of thiophene rings is 1. The molecule has 11 heteroatoms. The molecule has 4 nitrogen and oxygen atoms in total. The average Bonchev–Trinajstić information content (AvgIpc) is 2.96. The van der Waals surface area contributed by atoms with E-state index in [0.29, 0.717) is 4.88 Å². The van der Waals surface area contributed by atoms with Crippen LogP contribution in [0.2, 0.25) is 0 Å². The molecular weight excluding hydrogens is 519 g/mol. The third kappa shape index (κ3) is 5.17. The van der Waals surface area contributed by atoms with Crippen molar-refractivity contribution in [2.75, 3.05) is 23.4 Å². The first-order valence-corrected chi connectivity index (χ1v) is 12.3. The Morgan fingerprint density at radius 1 is 1.47 bits per heavy atom. The zero-order valence-electron chi connectivity index (χ0n) is 16.3. The summed E-state index contributed by atoms with van der Waals surface area (Å²) in [6.45, 7) is 4.09. The van der Waals surface area contributed by atoms with Crippen molar-refractivity contribution < 1.29 is 18.0 Å². The lowest BCUT2D eigenvalue weighted by molar-refractivity contribution is -0.0328. The van der Waals surface area contributed by atoms with Gasteiger partial charge in [-0.3, -0.25) is 9.69 Å². The molecule has 30 heavy (non-hydrogen) atoms. The van der Waals surface area contributed by atoms with Crippen molar-refractivity contribution >= 4 is 74.3 Å². The van der Waals surface area contributed by atoms with Crippen molar-refractivity contribution in [1.82, 2.24) is 4.98 Å². The number of pyridine rings is 1. The van der Waals surface area contributed by atoms with Gasteiger partial charge in [-0.1, -0.05) is 35.0 Å². The van der Waals surface area contributed by atoms with E-state index in [1.165, 1.54) is 29.4 Å². The van der Waals surface area contributed by atoms with Crippen LogP contribution in [0, 0.1) is 0 Å². The molecule has 0 saturated carbocycles. The molecule has 0 saturated heterocycles. The number of carbonyl (C=O) groups is 1. The summed E-state index contributed by atoms with van der Waals surface area (Å²) in [5.41, 5.74) is 2.56. The van der Waals surface area contributed by atoms with Gasteiger partial charge in [0.2, 0.25) is 0 Å². The Morgan fingerprint density at radius 2 is 2.17 bits per heavy atom. The zero-order chi connectivity index (χ0) is 22.3. The summed E-state index contributed by atoms with van der Waals surface area (Å²) >= 11 is 6.42. The lowest BCUT2D eigenvalue weighted by atomic mass is 9.97. The van der Waals surface area contributed by atoms with Crippen LogP contribution >= 0.6 is 50.8 Å². The highest BCUT2D eigenvalue weighted by Crippen LogP contribution is 2.44. The molecule has 0 aliphatic heterocycles. The summed E-state index contributed by atoms with van der Waals surface area (Å²) in [5.74, 6) is 0.646. The molecule has 1 unspecified atom stereocenters. The molecule has 2 heterocycles. The number of aromatic nitrogens is 1. The number of anilines is 2. The quantitative estimate of drug-likeness (QED) is 0.350. The molecule has 0 radical (unpaired) electrons. The third-order valence-electron chi connectivity index (χ3n) is 4.29. The van der Waals surface area contributed by atoms with Crippen molar-refractivity contribution in [3.8, 4) is 0 Å². The predicted molar refractivity (Wildman–Crippen MR) is 124 cm³/mol. The van der Waals surface area contributed by atoms with Crippen molar-refractivity contribution in [1.29, 1.82) is 0 Å². The summed E-state index contributed by atoms with van der Waals surface area (Å²) in [4.78, 5) is 21.1. The molecule has 0 aromatic carbocycles. The number of nitrogen functional groups attached to an aromatic ring is 1. The fourth-order valence-electron chi connectivity index (χ4n) is 3.00. The largest absolute Gasteiger partial charge is 0.446 e. The van der Waals surface area contributed by atoms with E-state index in [9.17, 15) is 18.0 Å². The van der Waals surface area contributed by atoms with Gasteiger partial charge in [-0.2, -0.15) is 13.2 Å². The van der Waals surface area contributed by atoms with Crippen LogP contribution in [0.5, 0.6) is 0 Å². The van der Waals surface area contributed by atoms with Crippen molar-refractivity contribution in [2.45, 2.75) is 39.9 Å². The number of nitrogens with zero attached hydrogens (tertiary/aromatic N) is 2. The topological polar surface area (TPSA) is 59.2 Å². The van der Waals surface area contributed by atoms with E-state index in [0.717, 1.165) is 33.7 Å². The monoisotopic (exact) mass is 537 g/mol. The number of halogens is 4. The Hall–Kier alpha value is -1.17. The molecule has 2 aromatic heterocycles. The highest BCUT2D eigenvalue weighted by Gasteiger charge is 2.32. The normalized spacial score (nSPS) is 18.4. The fraction of sp³-hybridized carbons (Fsp3) is 0.368. The molecule has 1 aliphatic rings. The highest BCUT2D eigenvalue weighted by molar-refractivity contribution is 9.10. The number of amides is 1. The third-order valence-corrected chi connectivity index (χ3v) is 7.85.